The number of aliphatic imine (C=N–C) groups is 1. The summed E-state index contributed by atoms with van der Waals surface area (Å²) in [6.45, 7) is 7.96. The van der Waals surface area contributed by atoms with Crippen molar-refractivity contribution in [3.8, 4) is 5.75 Å². The molecule has 0 radical (unpaired) electrons. The van der Waals surface area contributed by atoms with E-state index in [1.807, 2.05) is 69.3 Å². The summed E-state index contributed by atoms with van der Waals surface area (Å²) in [6.07, 6.45) is 0.904. The smallest absolute Gasteiger partial charge is 0.251 e. The number of hydrogen-bond acceptors (Lipinski definition) is 3. The summed E-state index contributed by atoms with van der Waals surface area (Å²) in [6, 6.07) is 15.6. The third-order valence-corrected chi connectivity index (χ3v) is 4.39. The monoisotopic (exact) mass is 396 g/mol. The third kappa shape index (κ3) is 7.49. The third-order valence-electron chi connectivity index (χ3n) is 4.39. The second-order valence-corrected chi connectivity index (χ2v) is 6.96. The highest BCUT2D eigenvalue weighted by Gasteiger charge is 2.08. The quantitative estimate of drug-likeness (QED) is 0.449. The molecule has 0 saturated carbocycles. The molecule has 0 aliphatic carbocycles. The molecule has 1 atom stereocenters. The number of nitrogens with zero attached hydrogens (tertiary/aromatic N) is 1. The highest BCUT2D eigenvalue weighted by Crippen LogP contribution is 2.17. The molecular formula is C23H32N4O2. The number of hydrogen-bond donors (Lipinski definition) is 3. The summed E-state index contributed by atoms with van der Waals surface area (Å²) < 4.78 is 5.99. The molecule has 0 saturated heterocycles. The molecule has 3 N–H and O–H groups in total. The molecule has 0 aliphatic heterocycles. The molecule has 0 spiro atoms. The largest absolute Gasteiger partial charge is 0.489 e. The van der Waals surface area contributed by atoms with Crippen LogP contribution in [0.2, 0.25) is 0 Å². The van der Waals surface area contributed by atoms with Gasteiger partial charge in [-0.05, 0) is 49.6 Å². The van der Waals surface area contributed by atoms with Crippen molar-refractivity contribution in [2.45, 2.75) is 39.8 Å². The minimum atomic E-state index is -0.0432. The van der Waals surface area contributed by atoms with E-state index in [0.29, 0.717) is 31.2 Å². The fourth-order valence-corrected chi connectivity index (χ4v) is 2.76. The van der Waals surface area contributed by atoms with Crippen molar-refractivity contribution in [2.75, 3.05) is 20.1 Å². The van der Waals surface area contributed by atoms with E-state index in [2.05, 4.69) is 20.9 Å². The first-order valence-electron chi connectivity index (χ1n) is 10.1. The van der Waals surface area contributed by atoms with Gasteiger partial charge in [0.25, 0.3) is 5.91 Å². The standard InChI is InChI=1S/C23H32N4O2/c1-5-13-25-22(28)20-11-8-10-19(14-20)16-27-23(24-4)26-15-18(3)29-21-12-7-6-9-17(21)2/h6-12,14,18H,5,13,15-16H2,1-4H3,(H,25,28)(H2,24,26,27). The van der Waals surface area contributed by atoms with Crippen LogP contribution in [0.1, 0.15) is 41.8 Å². The average molecular weight is 397 g/mol. The first-order valence-corrected chi connectivity index (χ1v) is 10.1. The lowest BCUT2D eigenvalue weighted by Gasteiger charge is -2.19. The molecule has 0 aliphatic rings. The molecule has 0 heterocycles. The maximum absolute atomic E-state index is 12.1. The highest BCUT2D eigenvalue weighted by molar-refractivity contribution is 5.94. The molecule has 0 fully saturated rings. The van der Waals surface area contributed by atoms with Crippen LogP contribution in [0.25, 0.3) is 0 Å². The lowest BCUT2D eigenvalue weighted by molar-refractivity contribution is 0.0953. The van der Waals surface area contributed by atoms with Crippen LogP contribution in [-0.4, -0.2) is 38.1 Å². The van der Waals surface area contributed by atoms with Gasteiger partial charge in [0.1, 0.15) is 11.9 Å². The number of benzene rings is 2. The summed E-state index contributed by atoms with van der Waals surface area (Å²) in [5.41, 5.74) is 2.80. The van der Waals surface area contributed by atoms with E-state index in [9.17, 15) is 4.79 Å². The summed E-state index contributed by atoms with van der Waals surface area (Å²) in [4.78, 5) is 16.4. The Labute approximate surface area is 173 Å². The second-order valence-electron chi connectivity index (χ2n) is 6.96. The average Bonchev–Trinajstić information content (AvgIpc) is 2.74. The first kappa shape index (κ1) is 22.3. The van der Waals surface area contributed by atoms with Gasteiger partial charge in [0, 0.05) is 25.7 Å². The van der Waals surface area contributed by atoms with Gasteiger partial charge in [-0.2, -0.15) is 0 Å². The first-order chi connectivity index (χ1) is 14.0. The molecule has 29 heavy (non-hydrogen) atoms. The lowest BCUT2D eigenvalue weighted by Crippen LogP contribution is -2.41. The van der Waals surface area contributed by atoms with E-state index in [4.69, 9.17) is 4.74 Å². The minimum absolute atomic E-state index is 0.0137. The molecule has 2 aromatic rings. The molecule has 2 aromatic carbocycles. The van der Waals surface area contributed by atoms with Crippen LogP contribution in [0, 0.1) is 6.92 Å². The number of rotatable bonds is 9. The normalized spacial score (nSPS) is 12.2. The van der Waals surface area contributed by atoms with Crippen LogP contribution in [0.15, 0.2) is 53.5 Å². The van der Waals surface area contributed by atoms with Gasteiger partial charge >= 0.3 is 0 Å². The molecule has 0 aromatic heterocycles. The van der Waals surface area contributed by atoms with Crippen LogP contribution in [-0.2, 0) is 6.54 Å². The Morgan fingerprint density at radius 1 is 1.10 bits per heavy atom. The van der Waals surface area contributed by atoms with E-state index >= 15 is 0 Å². The van der Waals surface area contributed by atoms with E-state index in [1.165, 1.54) is 0 Å². The lowest BCUT2D eigenvalue weighted by atomic mass is 10.1. The Kier molecular flexibility index (Phi) is 9.02. The molecule has 1 amide bonds. The molecule has 1 unspecified atom stereocenters. The van der Waals surface area contributed by atoms with Crippen molar-refractivity contribution in [1.29, 1.82) is 0 Å². The molecule has 6 heteroatoms. The summed E-state index contributed by atoms with van der Waals surface area (Å²) in [7, 11) is 1.73. The summed E-state index contributed by atoms with van der Waals surface area (Å²) in [5.74, 6) is 1.53. The zero-order valence-electron chi connectivity index (χ0n) is 17.8. The predicted molar refractivity (Wildman–Crippen MR) is 119 cm³/mol. The number of guanidine groups is 1. The zero-order chi connectivity index (χ0) is 21.1. The molecule has 156 valence electrons. The van der Waals surface area contributed by atoms with Crippen LogP contribution < -0.4 is 20.7 Å². The number of carbonyl (C=O) groups is 1. The van der Waals surface area contributed by atoms with Gasteiger partial charge in [-0.25, -0.2) is 0 Å². The Balaban J connectivity index is 1.83. The van der Waals surface area contributed by atoms with E-state index in [0.717, 1.165) is 23.3 Å². The SMILES string of the molecule is CCCNC(=O)c1cccc(CNC(=NC)NCC(C)Oc2ccccc2C)c1. The fourth-order valence-electron chi connectivity index (χ4n) is 2.76. The van der Waals surface area contributed by atoms with Crippen LogP contribution in [0.5, 0.6) is 5.75 Å². The molecule has 0 bridgehead atoms. The fraction of sp³-hybridized carbons (Fsp3) is 0.391. The Bertz CT molecular complexity index is 820. The highest BCUT2D eigenvalue weighted by atomic mass is 16.5. The van der Waals surface area contributed by atoms with Crippen molar-refractivity contribution < 1.29 is 9.53 Å². The van der Waals surface area contributed by atoms with Gasteiger partial charge in [-0.3, -0.25) is 9.79 Å². The van der Waals surface area contributed by atoms with Gasteiger partial charge < -0.3 is 20.7 Å². The number of carbonyl (C=O) groups excluding carboxylic acids is 1. The van der Waals surface area contributed by atoms with Crippen molar-refractivity contribution in [1.82, 2.24) is 16.0 Å². The van der Waals surface area contributed by atoms with Gasteiger partial charge in [0.05, 0.1) is 6.54 Å². The Hall–Kier alpha value is -3.02. The number of amides is 1. The van der Waals surface area contributed by atoms with Crippen molar-refractivity contribution in [3.63, 3.8) is 0 Å². The van der Waals surface area contributed by atoms with Crippen LogP contribution in [0.3, 0.4) is 0 Å². The van der Waals surface area contributed by atoms with Gasteiger partial charge in [-0.1, -0.05) is 37.3 Å². The summed E-state index contributed by atoms with van der Waals surface area (Å²) >= 11 is 0. The van der Waals surface area contributed by atoms with Crippen LogP contribution in [0.4, 0.5) is 0 Å². The second kappa shape index (κ2) is 11.7. The van der Waals surface area contributed by atoms with Crippen LogP contribution >= 0.6 is 0 Å². The van der Waals surface area contributed by atoms with Gasteiger partial charge in [0.2, 0.25) is 0 Å². The Morgan fingerprint density at radius 3 is 2.62 bits per heavy atom. The van der Waals surface area contributed by atoms with E-state index in [-0.39, 0.29) is 12.0 Å². The summed E-state index contributed by atoms with van der Waals surface area (Å²) in [5, 5.41) is 9.46. The van der Waals surface area contributed by atoms with E-state index < -0.39 is 0 Å². The van der Waals surface area contributed by atoms with Gasteiger partial charge in [-0.15, -0.1) is 0 Å². The predicted octanol–water partition coefficient (Wildman–Crippen LogP) is 3.27. The minimum Gasteiger partial charge on any atom is -0.489 e. The zero-order valence-corrected chi connectivity index (χ0v) is 17.8. The van der Waals surface area contributed by atoms with Crippen molar-refractivity contribution in [3.05, 3.63) is 65.2 Å². The number of para-hydroxylation sites is 1. The van der Waals surface area contributed by atoms with Crippen molar-refractivity contribution >= 4 is 11.9 Å². The molecule has 2 rings (SSSR count). The molecular weight excluding hydrogens is 364 g/mol. The molecule has 6 nitrogen and oxygen atoms in total. The topological polar surface area (TPSA) is 74.8 Å². The number of ether oxygens (including phenoxy) is 1. The number of aryl methyl sites for hydroxylation is 1. The maximum Gasteiger partial charge on any atom is 0.251 e. The number of nitrogens with one attached hydrogen (secondary N) is 3. The Morgan fingerprint density at radius 2 is 1.90 bits per heavy atom. The maximum atomic E-state index is 12.1. The van der Waals surface area contributed by atoms with E-state index in [1.54, 1.807) is 7.05 Å². The van der Waals surface area contributed by atoms with Gasteiger partial charge in [0.15, 0.2) is 5.96 Å². The van der Waals surface area contributed by atoms with Crippen molar-refractivity contribution in [2.24, 2.45) is 4.99 Å².